The van der Waals surface area contributed by atoms with Crippen LogP contribution >= 0.6 is 0 Å². The van der Waals surface area contributed by atoms with E-state index in [4.69, 9.17) is 0 Å². The summed E-state index contributed by atoms with van der Waals surface area (Å²) in [4.78, 5) is 12.4. The van der Waals surface area contributed by atoms with Gasteiger partial charge in [-0.2, -0.15) is 0 Å². The summed E-state index contributed by atoms with van der Waals surface area (Å²) >= 11 is 0. The van der Waals surface area contributed by atoms with E-state index in [-0.39, 0.29) is 11.9 Å². The molecule has 2 atom stereocenters. The molecule has 3 nitrogen and oxygen atoms in total. The van der Waals surface area contributed by atoms with Gasteiger partial charge in [-0.15, -0.1) is 0 Å². The van der Waals surface area contributed by atoms with E-state index < -0.39 is 0 Å². The van der Waals surface area contributed by atoms with Crippen molar-refractivity contribution in [2.45, 2.75) is 45.7 Å². The summed E-state index contributed by atoms with van der Waals surface area (Å²) in [6.45, 7) is 7.17. The molecule has 1 heterocycles. The third-order valence-electron chi connectivity index (χ3n) is 3.79. The van der Waals surface area contributed by atoms with Crippen molar-refractivity contribution in [1.82, 2.24) is 10.6 Å². The van der Waals surface area contributed by atoms with Crippen molar-refractivity contribution in [3.8, 4) is 0 Å². The van der Waals surface area contributed by atoms with Gasteiger partial charge in [-0.25, -0.2) is 0 Å². The van der Waals surface area contributed by atoms with E-state index >= 15 is 0 Å². The summed E-state index contributed by atoms with van der Waals surface area (Å²) in [5, 5.41) is 6.57. The van der Waals surface area contributed by atoms with Crippen molar-refractivity contribution in [2.75, 3.05) is 6.54 Å². The molecule has 1 amide bonds. The SMILES string of the molecule is Cc1cccc(C)c1C(=O)NC1CCCNC1C. The number of aryl methyl sites for hydroxylation is 2. The van der Waals surface area contributed by atoms with Gasteiger partial charge in [0.2, 0.25) is 0 Å². The van der Waals surface area contributed by atoms with Gasteiger partial charge in [-0.1, -0.05) is 18.2 Å². The lowest BCUT2D eigenvalue weighted by molar-refractivity contribution is 0.0918. The third kappa shape index (κ3) is 2.72. The van der Waals surface area contributed by atoms with Crippen LogP contribution in [0.15, 0.2) is 18.2 Å². The Morgan fingerprint density at radius 3 is 2.61 bits per heavy atom. The summed E-state index contributed by atoms with van der Waals surface area (Å²) in [5.74, 6) is 0.0612. The average molecular weight is 246 g/mol. The fraction of sp³-hybridized carbons (Fsp3) is 0.533. The molecule has 1 aromatic rings. The normalized spacial score (nSPS) is 23.7. The summed E-state index contributed by atoms with van der Waals surface area (Å²) in [6, 6.07) is 6.57. The fourth-order valence-electron chi connectivity index (χ4n) is 2.65. The quantitative estimate of drug-likeness (QED) is 0.839. The second-order valence-electron chi connectivity index (χ2n) is 5.23. The standard InChI is InChI=1S/C15H22N2O/c1-10-6-4-7-11(2)14(10)15(18)17-13-8-5-9-16-12(13)3/h4,6-7,12-13,16H,5,8-9H2,1-3H3,(H,17,18). The lowest BCUT2D eigenvalue weighted by atomic mass is 9.97. The van der Waals surface area contributed by atoms with Crippen LogP contribution in [0.2, 0.25) is 0 Å². The molecule has 98 valence electrons. The van der Waals surface area contributed by atoms with Gasteiger partial charge in [0.25, 0.3) is 5.91 Å². The predicted octanol–water partition coefficient (Wildman–Crippen LogP) is 2.17. The number of nitrogens with one attached hydrogen (secondary N) is 2. The summed E-state index contributed by atoms with van der Waals surface area (Å²) in [5.41, 5.74) is 2.92. The Balaban J connectivity index is 2.12. The highest BCUT2D eigenvalue weighted by Gasteiger charge is 2.23. The minimum absolute atomic E-state index is 0.0612. The van der Waals surface area contributed by atoms with Crippen molar-refractivity contribution >= 4 is 5.91 Å². The van der Waals surface area contributed by atoms with Crippen LogP contribution in [0, 0.1) is 13.8 Å². The average Bonchev–Trinajstić information content (AvgIpc) is 2.32. The lowest BCUT2D eigenvalue weighted by Crippen LogP contribution is -2.52. The van der Waals surface area contributed by atoms with E-state index in [1.165, 1.54) is 0 Å². The van der Waals surface area contributed by atoms with Crippen molar-refractivity contribution in [3.63, 3.8) is 0 Å². The van der Waals surface area contributed by atoms with Gasteiger partial charge in [0.05, 0.1) is 0 Å². The highest BCUT2D eigenvalue weighted by molar-refractivity contribution is 5.97. The molecule has 1 aromatic carbocycles. The molecule has 0 radical (unpaired) electrons. The maximum atomic E-state index is 12.4. The van der Waals surface area contributed by atoms with Crippen LogP contribution in [0.4, 0.5) is 0 Å². The molecule has 0 spiro atoms. The summed E-state index contributed by atoms with van der Waals surface area (Å²) < 4.78 is 0. The maximum absolute atomic E-state index is 12.4. The molecule has 0 bridgehead atoms. The van der Waals surface area contributed by atoms with Crippen molar-refractivity contribution in [2.24, 2.45) is 0 Å². The Morgan fingerprint density at radius 1 is 1.33 bits per heavy atom. The monoisotopic (exact) mass is 246 g/mol. The van der Waals surface area contributed by atoms with E-state index in [0.717, 1.165) is 36.1 Å². The minimum atomic E-state index is 0.0612. The largest absolute Gasteiger partial charge is 0.348 e. The molecule has 1 saturated heterocycles. The number of piperidine rings is 1. The van der Waals surface area contributed by atoms with Crippen LogP contribution in [0.1, 0.15) is 41.3 Å². The topological polar surface area (TPSA) is 41.1 Å². The van der Waals surface area contributed by atoms with Crippen molar-refractivity contribution < 1.29 is 4.79 Å². The number of hydrogen-bond donors (Lipinski definition) is 2. The second kappa shape index (κ2) is 5.53. The molecule has 18 heavy (non-hydrogen) atoms. The van der Waals surface area contributed by atoms with E-state index in [9.17, 15) is 4.79 Å². The second-order valence-corrected chi connectivity index (χ2v) is 5.23. The lowest BCUT2D eigenvalue weighted by Gasteiger charge is -2.31. The van der Waals surface area contributed by atoms with Crippen LogP contribution in [-0.2, 0) is 0 Å². The van der Waals surface area contributed by atoms with Crippen molar-refractivity contribution in [3.05, 3.63) is 34.9 Å². The molecule has 2 unspecified atom stereocenters. The zero-order valence-electron chi connectivity index (χ0n) is 11.4. The van der Waals surface area contributed by atoms with Gasteiger partial charge in [-0.05, 0) is 51.3 Å². The van der Waals surface area contributed by atoms with Crippen molar-refractivity contribution in [1.29, 1.82) is 0 Å². The first-order valence-electron chi connectivity index (χ1n) is 6.70. The molecule has 2 N–H and O–H groups in total. The predicted molar refractivity (Wildman–Crippen MR) is 73.9 cm³/mol. The summed E-state index contributed by atoms with van der Waals surface area (Å²) in [6.07, 6.45) is 2.19. The van der Waals surface area contributed by atoms with E-state index in [2.05, 4.69) is 17.6 Å². The first-order valence-corrected chi connectivity index (χ1v) is 6.70. The van der Waals surface area contributed by atoms with E-state index in [1.807, 2.05) is 32.0 Å². The first-order chi connectivity index (χ1) is 8.59. The Morgan fingerprint density at radius 2 is 2.00 bits per heavy atom. The number of hydrogen-bond acceptors (Lipinski definition) is 2. The van der Waals surface area contributed by atoms with Gasteiger partial charge >= 0.3 is 0 Å². The molecule has 0 aromatic heterocycles. The van der Waals surface area contributed by atoms with Crippen LogP contribution < -0.4 is 10.6 Å². The highest BCUT2D eigenvalue weighted by Crippen LogP contribution is 2.15. The number of rotatable bonds is 2. The Bertz CT molecular complexity index is 422. The number of carbonyl (C=O) groups is 1. The smallest absolute Gasteiger partial charge is 0.252 e. The van der Waals surface area contributed by atoms with Crippen LogP contribution in [0.5, 0.6) is 0 Å². The van der Waals surface area contributed by atoms with Crippen LogP contribution in [-0.4, -0.2) is 24.5 Å². The molecule has 1 aliphatic rings. The zero-order chi connectivity index (χ0) is 13.1. The molecule has 0 saturated carbocycles. The third-order valence-corrected chi connectivity index (χ3v) is 3.79. The molecular weight excluding hydrogens is 224 g/mol. The Hall–Kier alpha value is -1.35. The van der Waals surface area contributed by atoms with Gasteiger partial charge in [0.1, 0.15) is 0 Å². The zero-order valence-corrected chi connectivity index (χ0v) is 11.4. The molecule has 3 heteroatoms. The summed E-state index contributed by atoms with van der Waals surface area (Å²) in [7, 11) is 0. The highest BCUT2D eigenvalue weighted by atomic mass is 16.1. The van der Waals surface area contributed by atoms with Gasteiger partial charge in [0, 0.05) is 17.6 Å². The molecule has 0 aliphatic carbocycles. The fourth-order valence-corrected chi connectivity index (χ4v) is 2.65. The molecule has 1 fully saturated rings. The van der Waals surface area contributed by atoms with Gasteiger partial charge < -0.3 is 10.6 Å². The first kappa shape index (κ1) is 13.1. The minimum Gasteiger partial charge on any atom is -0.348 e. The molecule has 2 rings (SSSR count). The van der Waals surface area contributed by atoms with E-state index in [1.54, 1.807) is 0 Å². The Labute approximate surface area is 109 Å². The molecule has 1 aliphatic heterocycles. The van der Waals surface area contributed by atoms with E-state index in [0.29, 0.717) is 6.04 Å². The number of amides is 1. The van der Waals surface area contributed by atoms with Crippen LogP contribution in [0.25, 0.3) is 0 Å². The number of benzene rings is 1. The van der Waals surface area contributed by atoms with Crippen LogP contribution in [0.3, 0.4) is 0 Å². The number of carbonyl (C=O) groups excluding carboxylic acids is 1. The molecular formula is C15H22N2O. The van der Waals surface area contributed by atoms with Gasteiger partial charge in [0.15, 0.2) is 0 Å². The van der Waals surface area contributed by atoms with Gasteiger partial charge in [-0.3, -0.25) is 4.79 Å². The Kier molecular flexibility index (Phi) is 4.02. The maximum Gasteiger partial charge on any atom is 0.252 e.